The summed E-state index contributed by atoms with van der Waals surface area (Å²) in [4.78, 5) is 16.5. The highest BCUT2D eigenvalue weighted by molar-refractivity contribution is 6.29. The van der Waals surface area contributed by atoms with Crippen LogP contribution in [0.15, 0.2) is 35.3 Å². The summed E-state index contributed by atoms with van der Waals surface area (Å²) in [5.74, 6) is 0.753. The van der Waals surface area contributed by atoms with Gasteiger partial charge in [0.15, 0.2) is 0 Å². The van der Waals surface area contributed by atoms with Crippen LogP contribution in [0.3, 0.4) is 0 Å². The monoisotopic (exact) mass is 276 g/mol. The summed E-state index contributed by atoms with van der Waals surface area (Å²) >= 11 is 5.97. The molecule has 0 saturated carbocycles. The molecule has 0 aliphatic carbocycles. The van der Waals surface area contributed by atoms with Gasteiger partial charge in [0.2, 0.25) is 0 Å². The third-order valence-electron chi connectivity index (χ3n) is 3.38. The fraction of sp³-hybridized carbons (Fsp3) is 0.231. The second-order valence-corrected chi connectivity index (χ2v) is 4.86. The van der Waals surface area contributed by atoms with Gasteiger partial charge in [-0.3, -0.25) is 9.13 Å². The summed E-state index contributed by atoms with van der Waals surface area (Å²) in [6.07, 6.45) is 1.59. The van der Waals surface area contributed by atoms with E-state index in [0.29, 0.717) is 11.7 Å². The van der Waals surface area contributed by atoms with E-state index in [2.05, 4.69) is 4.98 Å². The summed E-state index contributed by atoms with van der Waals surface area (Å²) in [7, 11) is 3.60. The van der Waals surface area contributed by atoms with Gasteiger partial charge in [-0.1, -0.05) is 23.7 Å². The van der Waals surface area contributed by atoms with E-state index in [4.69, 9.17) is 11.6 Å². The number of fused-ring (bicyclic) bond motifs is 1. The molecule has 3 rings (SSSR count). The van der Waals surface area contributed by atoms with E-state index in [1.165, 1.54) is 0 Å². The standard InChI is InChI=1S/C13H13ClN4O/c1-16-9-5-3-4-6-10(9)18(13(16)19)8-12-15-7-11(14)17(12)2/h3-7H,8H2,1-2H3. The van der Waals surface area contributed by atoms with Crippen molar-refractivity contribution < 1.29 is 0 Å². The molecule has 0 amide bonds. The van der Waals surface area contributed by atoms with Gasteiger partial charge in [-0.15, -0.1) is 0 Å². The van der Waals surface area contributed by atoms with Crippen molar-refractivity contribution in [2.24, 2.45) is 14.1 Å². The van der Waals surface area contributed by atoms with E-state index in [1.54, 1.807) is 26.9 Å². The van der Waals surface area contributed by atoms with Crippen LogP contribution in [0.5, 0.6) is 0 Å². The van der Waals surface area contributed by atoms with E-state index >= 15 is 0 Å². The van der Waals surface area contributed by atoms with Crippen LogP contribution in [-0.2, 0) is 20.6 Å². The first-order chi connectivity index (χ1) is 9.09. The summed E-state index contributed by atoms with van der Waals surface area (Å²) in [6, 6.07) is 7.70. The van der Waals surface area contributed by atoms with Crippen LogP contribution >= 0.6 is 11.6 Å². The molecule has 0 radical (unpaired) electrons. The van der Waals surface area contributed by atoms with E-state index in [-0.39, 0.29) is 5.69 Å². The fourth-order valence-corrected chi connectivity index (χ4v) is 2.37. The van der Waals surface area contributed by atoms with Crippen molar-refractivity contribution in [1.82, 2.24) is 18.7 Å². The van der Waals surface area contributed by atoms with Crippen LogP contribution in [0, 0.1) is 0 Å². The van der Waals surface area contributed by atoms with Gasteiger partial charge in [0.05, 0.1) is 23.8 Å². The number of halogens is 1. The molecule has 98 valence electrons. The van der Waals surface area contributed by atoms with E-state index < -0.39 is 0 Å². The predicted octanol–water partition coefficient (Wildman–Crippen LogP) is 1.78. The van der Waals surface area contributed by atoms with Crippen molar-refractivity contribution in [1.29, 1.82) is 0 Å². The fourth-order valence-electron chi connectivity index (χ4n) is 2.23. The number of para-hydroxylation sites is 2. The van der Waals surface area contributed by atoms with Gasteiger partial charge in [-0.2, -0.15) is 0 Å². The van der Waals surface area contributed by atoms with Gasteiger partial charge in [0.1, 0.15) is 11.0 Å². The molecule has 19 heavy (non-hydrogen) atoms. The summed E-state index contributed by atoms with van der Waals surface area (Å²) in [5, 5.41) is 0.559. The van der Waals surface area contributed by atoms with Gasteiger partial charge >= 0.3 is 5.69 Å². The van der Waals surface area contributed by atoms with Gasteiger partial charge < -0.3 is 4.57 Å². The lowest BCUT2D eigenvalue weighted by Crippen LogP contribution is -2.23. The molecule has 1 aromatic carbocycles. The second kappa shape index (κ2) is 4.28. The van der Waals surface area contributed by atoms with E-state index in [0.717, 1.165) is 16.9 Å². The molecular formula is C13H13ClN4O. The van der Waals surface area contributed by atoms with Crippen LogP contribution in [-0.4, -0.2) is 18.7 Å². The first-order valence-corrected chi connectivity index (χ1v) is 6.27. The zero-order valence-electron chi connectivity index (χ0n) is 10.7. The maximum absolute atomic E-state index is 12.3. The average molecular weight is 277 g/mol. The molecule has 0 aliphatic rings. The van der Waals surface area contributed by atoms with Crippen molar-refractivity contribution in [2.45, 2.75) is 6.54 Å². The smallest absolute Gasteiger partial charge is 0.321 e. The van der Waals surface area contributed by atoms with Crippen LogP contribution in [0.25, 0.3) is 11.0 Å². The zero-order valence-corrected chi connectivity index (χ0v) is 11.4. The normalized spacial score (nSPS) is 11.3. The van der Waals surface area contributed by atoms with Gasteiger partial charge in [0.25, 0.3) is 0 Å². The molecule has 0 spiro atoms. The SMILES string of the molecule is Cn1c(Cl)cnc1Cn1c(=O)n(C)c2ccccc21. The number of rotatable bonds is 2. The Morgan fingerprint density at radius 2 is 1.84 bits per heavy atom. The quantitative estimate of drug-likeness (QED) is 0.716. The lowest BCUT2D eigenvalue weighted by Gasteiger charge is -2.04. The number of imidazole rings is 2. The zero-order chi connectivity index (χ0) is 13.6. The molecule has 2 heterocycles. The Morgan fingerprint density at radius 3 is 2.47 bits per heavy atom. The Hall–Kier alpha value is -2.01. The summed E-state index contributed by atoms with van der Waals surface area (Å²) in [6.45, 7) is 0.406. The van der Waals surface area contributed by atoms with Crippen LogP contribution in [0.4, 0.5) is 0 Å². The molecule has 0 atom stereocenters. The van der Waals surface area contributed by atoms with E-state index in [1.807, 2.05) is 31.3 Å². The third kappa shape index (κ3) is 1.77. The highest BCUT2D eigenvalue weighted by Gasteiger charge is 2.13. The van der Waals surface area contributed by atoms with Gasteiger partial charge in [-0.05, 0) is 12.1 Å². The number of nitrogens with zero attached hydrogens (tertiary/aromatic N) is 4. The maximum Gasteiger partial charge on any atom is 0.329 e. The topological polar surface area (TPSA) is 44.8 Å². The molecule has 0 aliphatic heterocycles. The van der Waals surface area contributed by atoms with Crippen LogP contribution < -0.4 is 5.69 Å². The number of aromatic nitrogens is 4. The Morgan fingerprint density at radius 1 is 1.16 bits per heavy atom. The first-order valence-electron chi connectivity index (χ1n) is 5.90. The number of benzene rings is 1. The lowest BCUT2D eigenvalue weighted by atomic mass is 10.3. The molecule has 0 unspecified atom stereocenters. The van der Waals surface area contributed by atoms with Crippen molar-refractivity contribution in [2.75, 3.05) is 0 Å². The van der Waals surface area contributed by atoms with Crippen molar-refractivity contribution in [3.63, 3.8) is 0 Å². The van der Waals surface area contributed by atoms with Crippen molar-refractivity contribution >= 4 is 22.6 Å². The number of hydrogen-bond donors (Lipinski definition) is 0. The molecule has 3 aromatic rings. The molecular weight excluding hydrogens is 264 g/mol. The molecule has 0 saturated heterocycles. The third-order valence-corrected chi connectivity index (χ3v) is 3.73. The van der Waals surface area contributed by atoms with Crippen molar-refractivity contribution in [3.05, 3.63) is 51.9 Å². The second-order valence-electron chi connectivity index (χ2n) is 4.47. The Kier molecular flexibility index (Phi) is 2.71. The van der Waals surface area contributed by atoms with Crippen LogP contribution in [0.1, 0.15) is 5.82 Å². The molecule has 5 nitrogen and oxygen atoms in total. The number of hydrogen-bond acceptors (Lipinski definition) is 2. The molecule has 2 aromatic heterocycles. The minimum Gasteiger partial charge on any atom is -0.321 e. The van der Waals surface area contributed by atoms with Gasteiger partial charge in [-0.25, -0.2) is 9.78 Å². The van der Waals surface area contributed by atoms with Gasteiger partial charge in [0, 0.05) is 14.1 Å². The molecule has 0 N–H and O–H groups in total. The highest BCUT2D eigenvalue weighted by Crippen LogP contribution is 2.14. The lowest BCUT2D eigenvalue weighted by molar-refractivity contribution is 0.675. The number of aryl methyl sites for hydroxylation is 1. The van der Waals surface area contributed by atoms with Crippen molar-refractivity contribution in [3.8, 4) is 0 Å². The van der Waals surface area contributed by atoms with E-state index in [9.17, 15) is 4.79 Å². The first kappa shape index (κ1) is 12.0. The molecule has 6 heteroatoms. The Labute approximate surface area is 114 Å². The maximum atomic E-state index is 12.3. The van der Waals surface area contributed by atoms with Crippen LogP contribution in [0.2, 0.25) is 5.15 Å². The Bertz CT molecular complexity index is 812. The largest absolute Gasteiger partial charge is 0.329 e. The molecule has 0 fully saturated rings. The Balaban J connectivity index is 2.18. The average Bonchev–Trinajstić information content (AvgIpc) is 2.86. The minimum atomic E-state index is -0.0553. The predicted molar refractivity (Wildman–Crippen MR) is 74.5 cm³/mol. The summed E-state index contributed by atoms with van der Waals surface area (Å²) < 4.78 is 5.11. The summed E-state index contributed by atoms with van der Waals surface area (Å²) in [5.41, 5.74) is 1.75. The molecule has 0 bridgehead atoms. The highest BCUT2D eigenvalue weighted by atomic mass is 35.5. The minimum absolute atomic E-state index is 0.0553.